The van der Waals surface area contributed by atoms with Gasteiger partial charge in [-0.05, 0) is 11.5 Å². The van der Waals surface area contributed by atoms with Crippen LogP contribution in [0.25, 0.3) is 0 Å². The molecule has 0 unspecified atom stereocenters. The van der Waals surface area contributed by atoms with Crippen molar-refractivity contribution in [2.75, 3.05) is 18.6 Å². The van der Waals surface area contributed by atoms with E-state index in [-0.39, 0.29) is 0 Å². The zero-order valence-corrected chi connectivity index (χ0v) is 8.16. The predicted octanol–water partition coefficient (Wildman–Crippen LogP) is 1.38. The van der Waals surface area contributed by atoms with Gasteiger partial charge in [0, 0.05) is 6.07 Å². The fourth-order valence-corrected chi connectivity index (χ4v) is 1.15. The van der Waals surface area contributed by atoms with Gasteiger partial charge in [-0.1, -0.05) is 13.8 Å². The van der Waals surface area contributed by atoms with Crippen molar-refractivity contribution >= 4 is 11.5 Å². The summed E-state index contributed by atoms with van der Waals surface area (Å²) in [5, 5.41) is 0. The summed E-state index contributed by atoms with van der Waals surface area (Å²) in [6.45, 7) is 4.09. The minimum atomic E-state index is 0.319. The summed E-state index contributed by atoms with van der Waals surface area (Å²) in [5.74, 6) is 1.16. The van der Waals surface area contributed by atoms with Crippen molar-refractivity contribution in [1.82, 2.24) is 4.98 Å². The molecule has 72 valence electrons. The number of nitrogen functional groups attached to an aromatic ring is 2. The molecule has 13 heavy (non-hydrogen) atoms. The summed E-state index contributed by atoms with van der Waals surface area (Å²) < 4.78 is 4.99. The van der Waals surface area contributed by atoms with Crippen molar-refractivity contribution in [2.24, 2.45) is 0 Å². The highest BCUT2D eigenvalue weighted by atomic mass is 16.5. The molecule has 1 aromatic heterocycles. The molecule has 0 aromatic carbocycles. The predicted molar refractivity (Wildman–Crippen MR) is 53.7 cm³/mol. The lowest BCUT2D eigenvalue weighted by molar-refractivity contribution is 0.398. The highest BCUT2D eigenvalue weighted by molar-refractivity contribution is 5.65. The minimum absolute atomic E-state index is 0.319. The van der Waals surface area contributed by atoms with Crippen LogP contribution in [-0.2, 0) is 0 Å². The lowest BCUT2D eigenvalue weighted by Crippen LogP contribution is -2.05. The number of nitrogens with zero attached hydrogens (tertiary/aromatic N) is 1. The Labute approximate surface area is 77.9 Å². The van der Waals surface area contributed by atoms with Gasteiger partial charge in [0.2, 0.25) is 5.88 Å². The SMILES string of the molecule is COc1cc(C(C)C)c(N)c(N)n1. The van der Waals surface area contributed by atoms with E-state index in [9.17, 15) is 0 Å². The highest BCUT2D eigenvalue weighted by Crippen LogP contribution is 2.28. The Morgan fingerprint density at radius 1 is 1.38 bits per heavy atom. The number of ether oxygens (including phenoxy) is 1. The molecule has 0 radical (unpaired) electrons. The first-order chi connectivity index (χ1) is 6.06. The molecule has 0 aliphatic rings. The van der Waals surface area contributed by atoms with E-state index >= 15 is 0 Å². The van der Waals surface area contributed by atoms with E-state index < -0.39 is 0 Å². The van der Waals surface area contributed by atoms with E-state index in [0.717, 1.165) is 5.56 Å². The van der Waals surface area contributed by atoms with Crippen molar-refractivity contribution in [1.29, 1.82) is 0 Å². The summed E-state index contributed by atoms with van der Waals surface area (Å²) in [6, 6.07) is 1.82. The van der Waals surface area contributed by atoms with E-state index in [4.69, 9.17) is 16.2 Å². The maximum Gasteiger partial charge on any atom is 0.215 e. The number of rotatable bonds is 2. The van der Waals surface area contributed by atoms with Crippen LogP contribution in [0.3, 0.4) is 0 Å². The Balaban J connectivity index is 3.25. The number of nitrogens with two attached hydrogens (primary N) is 2. The Hall–Kier alpha value is -1.45. The molecule has 0 saturated heterocycles. The van der Waals surface area contributed by atoms with Crippen LogP contribution >= 0.6 is 0 Å². The van der Waals surface area contributed by atoms with Crippen molar-refractivity contribution in [3.05, 3.63) is 11.6 Å². The number of pyridine rings is 1. The maximum atomic E-state index is 5.76. The number of hydrogen-bond donors (Lipinski definition) is 2. The molecular weight excluding hydrogens is 166 g/mol. The zero-order chi connectivity index (χ0) is 10.0. The lowest BCUT2D eigenvalue weighted by atomic mass is 10.0. The van der Waals surface area contributed by atoms with Crippen LogP contribution in [0.1, 0.15) is 25.3 Å². The average molecular weight is 181 g/mol. The molecular formula is C9H15N3O. The average Bonchev–Trinajstić information content (AvgIpc) is 2.09. The molecule has 0 spiro atoms. The van der Waals surface area contributed by atoms with Crippen LogP contribution in [0, 0.1) is 0 Å². The van der Waals surface area contributed by atoms with Crippen LogP contribution in [0.4, 0.5) is 11.5 Å². The first kappa shape index (κ1) is 9.64. The van der Waals surface area contributed by atoms with Crippen LogP contribution in [0.2, 0.25) is 0 Å². The van der Waals surface area contributed by atoms with Gasteiger partial charge in [0.15, 0.2) is 5.82 Å². The van der Waals surface area contributed by atoms with Crippen LogP contribution in [0.5, 0.6) is 5.88 Å². The molecule has 0 bridgehead atoms. The maximum absolute atomic E-state index is 5.76. The van der Waals surface area contributed by atoms with Gasteiger partial charge in [0.1, 0.15) is 0 Å². The van der Waals surface area contributed by atoms with Gasteiger partial charge in [-0.2, -0.15) is 4.98 Å². The Bertz CT molecular complexity index is 310. The fraction of sp³-hybridized carbons (Fsp3) is 0.444. The third-order valence-corrected chi connectivity index (χ3v) is 1.93. The zero-order valence-electron chi connectivity index (χ0n) is 8.16. The topological polar surface area (TPSA) is 74.2 Å². The Kier molecular flexibility index (Phi) is 2.60. The molecule has 0 saturated carbocycles. The van der Waals surface area contributed by atoms with E-state index in [1.165, 1.54) is 0 Å². The highest BCUT2D eigenvalue weighted by Gasteiger charge is 2.10. The summed E-state index contributed by atoms with van der Waals surface area (Å²) in [7, 11) is 1.56. The van der Waals surface area contributed by atoms with Gasteiger partial charge in [0.25, 0.3) is 0 Å². The number of anilines is 2. The monoisotopic (exact) mass is 181 g/mol. The summed E-state index contributed by atoms with van der Waals surface area (Å²) in [6.07, 6.45) is 0. The molecule has 0 atom stereocenters. The summed E-state index contributed by atoms with van der Waals surface area (Å²) in [5.41, 5.74) is 12.9. The van der Waals surface area contributed by atoms with Crippen LogP contribution in [0.15, 0.2) is 6.07 Å². The second-order valence-corrected chi connectivity index (χ2v) is 3.21. The lowest BCUT2D eigenvalue weighted by Gasteiger charge is -2.12. The molecule has 4 nitrogen and oxygen atoms in total. The molecule has 0 aliphatic carbocycles. The first-order valence-corrected chi connectivity index (χ1v) is 4.16. The Morgan fingerprint density at radius 3 is 2.46 bits per heavy atom. The molecule has 4 N–H and O–H groups in total. The van der Waals surface area contributed by atoms with Gasteiger partial charge in [-0.3, -0.25) is 0 Å². The van der Waals surface area contributed by atoms with Gasteiger partial charge < -0.3 is 16.2 Å². The normalized spacial score (nSPS) is 10.5. The van der Waals surface area contributed by atoms with Gasteiger partial charge in [0.05, 0.1) is 12.8 Å². The van der Waals surface area contributed by atoms with Crippen molar-refractivity contribution in [3.63, 3.8) is 0 Å². The standard InChI is InChI=1S/C9H15N3O/c1-5(2)6-4-7(13-3)12-9(11)8(6)10/h4-5H,10H2,1-3H3,(H2,11,12). The summed E-state index contributed by atoms with van der Waals surface area (Å²) >= 11 is 0. The second kappa shape index (κ2) is 3.51. The van der Waals surface area contributed by atoms with E-state index in [1.54, 1.807) is 7.11 Å². The van der Waals surface area contributed by atoms with Crippen molar-refractivity contribution in [2.45, 2.75) is 19.8 Å². The van der Waals surface area contributed by atoms with Crippen LogP contribution in [-0.4, -0.2) is 12.1 Å². The van der Waals surface area contributed by atoms with Crippen molar-refractivity contribution in [3.8, 4) is 5.88 Å². The number of hydrogen-bond acceptors (Lipinski definition) is 4. The smallest absolute Gasteiger partial charge is 0.215 e. The second-order valence-electron chi connectivity index (χ2n) is 3.21. The largest absolute Gasteiger partial charge is 0.481 e. The quantitative estimate of drug-likeness (QED) is 0.722. The molecule has 1 aromatic rings. The minimum Gasteiger partial charge on any atom is -0.481 e. The first-order valence-electron chi connectivity index (χ1n) is 4.16. The third kappa shape index (κ3) is 1.83. The fourth-order valence-electron chi connectivity index (χ4n) is 1.15. The van der Waals surface area contributed by atoms with E-state index in [2.05, 4.69) is 4.98 Å². The number of aromatic nitrogens is 1. The van der Waals surface area contributed by atoms with E-state index in [1.807, 2.05) is 19.9 Å². The van der Waals surface area contributed by atoms with Gasteiger partial charge >= 0.3 is 0 Å². The van der Waals surface area contributed by atoms with Gasteiger partial charge in [-0.15, -0.1) is 0 Å². The molecule has 1 rings (SSSR count). The molecule has 0 fully saturated rings. The molecule has 1 heterocycles. The van der Waals surface area contributed by atoms with Crippen LogP contribution < -0.4 is 16.2 Å². The molecule has 0 amide bonds. The molecule has 4 heteroatoms. The number of methoxy groups -OCH3 is 1. The third-order valence-electron chi connectivity index (χ3n) is 1.93. The Morgan fingerprint density at radius 2 is 2.00 bits per heavy atom. The van der Waals surface area contributed by atoms with Crippen molar-refractivity contribution < 1.29 is 4.74 Å². The molecule has 0 aliphatic heterocycles. The van der Waals surface area contributed by atoms with E-state index in [0.29, 0.717) is 23.3 Å². The van der Waals surface area contributed by atoms with Gasteiger partial charge in [-0.25, -0.2) is 0 Å². The summed E-state index contributed by atoms with van der Waals surface area (Å²) in [4.78, 5) is 3.96.